The van der Waals surface area contributed by atoms with Crippen LogP contribution in [-0.4, -0.2) is 6.29 Å². The van der Waals surface area contributed by atoms with Crippen LogP contribution in [0.2, 0.25) is 0 Å². The van der Waals surface area contributed by atoms with E-state index in [0.717, 1.165) is 10.8 Å². The van der Waals surface area contributed by atoms with Crippen LogP contribution >= 0.6 is 15.9 Å². The zero-order valence-electron chi connectivity index (χ0n) is 6.39. The van der Waals surface area contributed by atoms with Gasteiger partial charge in [-0.2, -0.15) is 0 Å². The predicted octanol–water partition coefficient (Wildman–Crippen LogP) is 2.72. The molecule has 0 aliphatic carbocycles. The zero-order valence-corrected chi connectivity index (χ0v) is 7.97. The molecule has 3 heteroatoms. The summed E-state index contributed by atoms with van der Waals surface area (Å²) in [7, 11) is 0. The molecule has 0 heterocycles. The van der Waals surface area contributed by atoms with Crippen LogP contribution in [0.25, 0.3) is 0 Å². The average molecular weight is 231 g/mol. The number of benzene rings is 1. The maximum atomic E-state index is 13.0. The summed E-state index contributed by atoms with van der Waals surface area (Å²) in [5, 5.41) is 0. The normalized spacial score (nSPS) is 9.83. The number of carbonyl (C=O) groups is 1. The molecule has 0 radical (unpaired) electrons. The second kappa shape index (κ2) is 4.36. The molecule has 1 nitrogen and oxygen atoms in total. The van der Waals surface area contributed by atoms with E-state index in [2.05, 4.69) is 15.9 Å². The number of rotatable bonds is 3. The molecule has 0 amide bonds. The highest BCUT2D eigenvalue weighted by atomic mass is 79.9. The lowest BCUT2D eigenvalue weighted by molar-refractivity contribution is -0.107. The largest absolute Gasteiger partial charge is 0.303 e. The highest BCUT2D eigenvalue weighted by Gasteiger charge is 2.01. The lowest BCUT2D eigenvalue weighted by atomic mass is 10.1. The molecule has 1 rings (SSSR count). The molecule has 64 valence electrons. The van der Waals surface area contributed by atoms with E-state index in [9.17, 15) is 9.18 Å². The van der Waals surface area contributed by atoms with Crippen LogP contribution in [-0.2, 0) is 11.2 Å². The lowest BCUT2D eigenvalue weighted by Crippen LogP contribution is -1.90. The Balaban J connectivity index is 2.82. The Kier molecular flexibility index (Phi) is 3.41. The van der Waals surface area contributed by atoms with Crippen LogP contribution in [0, 0.1) is 5.82 Å². The first-order valence-electron chi connectivity index (χ1n) is 3.61. The summed E-state index contributed by atoms with van der Waals surface area (Å²) < 4.78 is 13.8. The van der Waals surface area contributed by atoms with Gasteiger partial charge in [-0.25, -0.2) is 4.39 Å². The number of aldehydes is 1. The summed E-state index contributed by atoms with van der Waals surface area (Å²) in [6.07, 6.45) is 1.63. The van der Waals surface area contributed by atoms with Crippen LogP contribution in [0.5, 0.6) is 0 Å². The Labute approximate surface area is 78.7 Å². The molecule has 1 aromatic carbocycles. The van der Waals surface area contributed by atoms with Crippen molar-refractivity contribution in [3.63, 3.8) is 0 Å². The summed E-state index contributed by atoms with van der Waals surface area (Å²) >= 11 is 3.23. The molecule has 1 aromatic rings. The van der Waals surface area contributed by atoms with Crippen molar-refractivity contribution in [1.82, 2.24) is 0 Å². The standard InChI is InChI=1S/C9H8BrFO/c10-8-3-4-9(11)7(6-8)2-1-5-12/h3-6H,1-2H2. The molecular formula is C9H8BrFO. The average Bonchev–Trinajstić information content (AvgIpc) is 2.07. The van der Waals surface area contributed by atoms with Crippen molar-refractivity contribution in [1.29, 1.82) is 0 Å². The summed E-state index contributed by atoms with van der Waals surface area (Å²) in [4.78, 5) is 10.0. The summed E-state index contributed by atoms with van der Waals surface area (Å²) in [5.74, 6) is -0.250. The van der Waals surface area contributed by atoms with Gasteiger partial charge in [0.1, 0.15) is 12.1 Å². The lowest BCUT2D eigenvalue weighted by Gasteiger charge is -2.00. The molecule has 0 spiro atoms. The number of aryl methyl sites for hydroxylation is 1. The first kappa shape index (κ1) is 9.39. The molecule has 0 aliphatic heterocycles. The Morgan fingerprint density at radius 3 is 2.92 bits per heavy atom. The van der Waals surface area contributed by atoms with Gasteiger partial charge in [0.2, 0.25) is 0 Å². The monoisotopic (exact) mass is 230 g/mol. The third kappa shape index (κ3) is 2.41. The van der Waals surface area contributed by atoms with Crippen molar-refractivity contribution in [2.75, 3.05) is 0 Å². The van der Waals surface area contributed by atoms with E-state index in [1.807, 2.05) is 0 Å². The second-order valence-corrected chi connectivity index (χ2v) is 3.36. The van der Waals surface area contributed by atoms with Gasteiger partial charge in [0, 0.05) is 10.9 Å². The van der Waals surface area contributed by atoms with E-state index in [1.165, 1.54) is 6.07 Å². The maximum Gasteiger partial charge on any atom is 0.126 e. The van der Waals surface area contributed by atoms with Crippen molar-refractivity contribution in [2.24, 2.45) is 0 Å². The van der Waals surface area contributed by atoms with Crippen molar-refractivity contribution in [3.05, 3.63) is 34.1 Å². The fourth-order valence-electron chi connectivity index (χ4n) is 0.949. The van der Waals surface area contributed by atoms with E-state index in [1.54, 1.807) is 12.1 Å². The zero-order chi connectivity index (χ0) is 8.97. The van der Waals surface area contributed by atoms with Gasteiger partial charge in [-0.1, -0.05) is 15.9 Å². The molecule has 0 N–H and O–H groups in total. The quantitative estimate of drug-likeness (QED) is 0.731. The third-order valence-corrected chi connectivity index (χ3v) is 2.03. The van der Waals surface area contributed by atoms with Gasteiger partial charge in [-0.15, -0.1) is 0 Å². The Hall–Kier alpha value is -0.700. The summed E-state index contributed by atoms with van der Waals surface area (Å²) in [5.41, 5.74) is 0.580. The maximum absolute atomic E-state index is 13.0. The topological polar surface area (TPSA) is 17.1 Å². The van der Waals surface area contributed by atoms with E-state index < -0.39 is 0 Å². The van der Waals surface area contributed by atoms with Gasteiger partial charge in [-0.3, -0.25) is 0 Å². The molecule has 0 bridgehead atoms. The Morgan fingerprint density at radius 1 is 1.50 bits per heavy atom. The molecule has 0 fully saturated rings. The Bertz CT molecular complexity index is 286. The number of carbonyl (C=O) groups excluding carboxylic acids is 1. The van der Waals surface area contributed by atoms with Crippen molar-refractivity contribution in [2.45, 2.75) is 12.8 Å². The van der Waals surface area contributed by atoms with E-state index in [4.69, 9.17) is 0 Å². The van der Waals surface area contributed by atoms with E-state index in [-0.39, 0.29) is 5.82 Å². The minimum Gasteiger partial charge on any atom is -0.303 e. The smallest absolute Gasteiger partial charge is 0.126 e. The van der Waals surface area contributed by atoms with Gasteiger partial charge in [0.05, 0.1) is 0 Å². The first-order chi connectivity index (χ1) is 5.74. The van der Waals surface area contributed by atoms with Crippen molar-refractivity contribution >= 4 is 22.2 Å². The summed E-state index contributed by atoms with van der Waals surface area (Å²) in [6.45, 7) is 0. The van der Waals surface area contributed by atoms with Gasteiger partial charge in [0.15, 0.2) is 0 Å². The van der Waals surface area contributed by atoms with Crippen LogP contribution < -0.4 is 0 Å². The fourth-order valence-corrected chi connectivity index (χ4v) is 1.36. The van der Waals surface area contributed by atoms with E-state index in [0.29, 0.717) is 18.4 Å². The predicted molar refractivity (Wildman–Crippen MR) is 48.5 cm³/mol. The summed E-state index contributed by atoms with van der Waals surface area (Å²) in [6, 6.07) is 4.72. The van der Waals surface area contributed by atoms with Gasteiger partial charge < -0.3 is 4.79 Å². The fraction of sp³-hybridized carbons (Fsp3) is 0.222. The third-order valence-electron chi connectivity index (χ3n) is 1.54. The molecular weight excluding hydrogens is 223 g/mol. The Morgan fingerprint density at radius 2 is 2.25 bits per heavy atom. The highest BCUT2D eigenvalue weighted by Crippen LogP contribution is 2.16. The molecule has 0 atom stereocenters. The molecule has 12 heavy (non-hydrogen) atoms. The van der Waals surface area contributed by atoms with E-state index >= 15 is 0 Å². The minimum absolute atomic E-state index is 0.250. The van der Waals surface area contributed by atoms with Crippen molar-refractivity contribution < 1.29 is 9.18 Å². The number of hydrogen-bond acceptors (Lipinski definition) is 1. The highest BCUT2D eigenvalue weighted by molar-refractivity contribution is 9.10. The molecule has 0 aliphatic rings. The molecule has 0 saturated heterocycles. The molecule has 0 unspecified atom stereocenters. The van der Waals surface area contributed by atoms with Crippen LogP contribution in [0.3, 0.4) is 0 Å². The molecule has 0 saturated carbocycles. The van der Waals surface area contributed by atoms with Gasteiger partial charge >= 0.3 is 0 Å². The second-order valence-electron chi connectivity index (χ2n) is 2.44. The number of hydrogen-bond donors (Lipinski definition) is 0. The van der Waals surface area contributed by atoms with Crippen LogP contribution in [0.4, 0.5) is 4.39 Å². The number of halogens is 2. The first-order valence-corrected chi connectivity index (χ1v) is 4.41. The van der Waals surface area contributed by atoms with Gasteiger partial charge in [0.25, 0.3) is 0 Å². The van der Waals surface area contributed by atoms with Crippen LogP contribution in [0.1, 0.15) is 12.0 Å². The SMILES string of the molecule is O=CCCc1cc(Br)ccc1F. The molecule has 0 aromatic heterocycles. The van der Waals surface area contributed by atoms with Crippen molar-refractivity contribution in [3.8, 4) is 0 Å². The minimum atomic E-state index is -0.250. The van der Waals surface area contributed by atoms with Gasteiger partial charge in [-0.05, 0) is 30.2 Å². The van der Waals surface area contributed by atoms with Crippen LogP contribution in [0.15, 0.2) is 22.7 Å².